The lowest BCUT2D eigenvalue weighted by Crippen LogP contribution is -2.54. The molecular weight excluding hydrogens is 408 g/mol. The van der Waals surface area contributed by atoms with Gasteiger partial charge >= 0.3 is 12.1 Å². The molecule has 0 radical (unpaired) electrons. The van der Waals surface area contributed by atoms with Crippen LogP contribution in [0.15, 0.2) is 30.3 Å². The minimum absolute atomic E-state index is 0.0520. The number of carbonyl (C=O) groups is 2. The van der Waals surface area contributed by atoms with Gasteiger partial charge in [0.15, 0.2) is 0 Å². The number of nitrogens with zero attached hydrogens (tertiary/aromatic N) is 2. The highest BCUT2D eigenvalue weighted by Gasteiger charge is 2.28. The van der Waals surface area contributed by atoms with Gasteiger partial charge in [0.1, 0.15) is 0 Å². The van der Waals surface area contributed by atoms with E-state index in [1.807, 2.05) is 28.0 Å². The predicted molar refractivity (Wildman–Crippen MR) is 124 cm³/mol. The molecule has 0 saturated carbocycles. The summed E-state index contributed by atoms with van der Waals surface area (Å²) in [5.74, 6) is 0.0520. The van der Waals surface area contributed by atoms with Crippen LogP contribution >= 0.6 is 0 Å². The lowest BCUT2D eigenvalue weighted by molar-refractivity contribution is 0.0490. The van der Waals surface area contributed by atoms with Crippen molar-refractivity contribution in [2.24, 2.45) is 0 Å². The Balaban J connectivity index is 1.59. The van der Waals surface area contributed by atoms with Gasteiger partial charge in [0.25, 0.3) is 0 Å². The molecule has 0 aromatic heterocycles. The Kier molecular flexibility index (Phi) is 9.17. The van der Waals surface area contributed by atoms with Crippen molar-refractivity contribution < 1.29 is 19.1 Å². The van der Waals surface area contributed by atoms with Gasteiger partial charge < -0.3 is 29.9 Å². The van der Waals surface area contributed by atoms with E-state index in [0.717, 1.165) is 31.2 Å². The van der Waals surface area contributed by atoms with E-state index < -0.39 is 0 Å². The molecule has 0 aliphatic carbocycles. The summed E-state index contributed by atoms with van der Waals surface area (Å²) in [6, 6.07) is 9.72. The Labute approximate surface area is 191 Å². The van der Waals surface area contributed by atoms with Crippen LogP contribution < -0.4 is 10.6 Å². The summed E-state index contributed by atoms with van der Waals surface area (Å²) in [6.07, 6.45) is 3.84. The maximum absolute atomic E-state index is 13.0. The molecule has 8 nitrogen and oxygen atoms in total. The van der Waals surface area contributed by atoms with Gasteiger partial charge in [-0.25, -0.2) is 9.59 Å². The minimum Gasteiger partial charge on any atom is -0.381 e. The van der Waals surface area contributed by atoms with Gasteiger partial charge in [-0.3, -0.25) is 0 Å². The largest absolute Gasteiger partial charge is 0.381 e. The van der Waals surface area contributed by atoms with Crippen LogP contribution in [0.4, 0.5) is 9.59 Å². The molecule has 32 heavy (non-hydrogen) atoms. The lowest BCUT2D eigenvalue weighted by Gasteiger charge is -2.35. The molecule has 8 heteroatoms. The lowest BCUT2D eigenvalue weighted by atomic mass is 9.93. The zero-order valence-corrected chi connectivity index (χ0v) is 19.6. The Hall–Kier alpha value is -2.32. The second kappa shape index (κ2) is 12.1. The smallest absolute Gasteiger partial charge is 0.317 e. The van der Waals surface area contributed by atoms with Gasteiger partial charge in [0, 0.05) is 52.9 Å². The van der Waals surface area contributed by atoms with Crippen molar-refractivity contribution in [3.63, 3.8) is 0 Å². The molecule has 2 N–H and O–H groups in total. The Morgan fingerprint density at radius 1 is 0.906 bits per heavy atom. The van der Waals surface area contributed by atoms with Gasteiger partial charge in [0.2, 0.25) is 0 Å². The predicted octanol–water partition coefficient (Wildman–Crippen LogP) is 2.80. The first-order chi connectivity index (χ1) is 15.5. The van der Waals surface area contributed by atoms with Gasteiger partial charge in [-0.05, 0) is 31.2 Å². The van der Waals surface area contributed by atoms with Crippen molar-refractivity contribution in [3.05, 3.63) is 35.9 Å². The first-order valence-corrected chi connectivity index (χ1v) is 11.7. The number of methoxy groups -OCH3 is 2. The van der Waals surface area contributed by atoms with Crippen LogP contribution in [0.25, 0.3) is 0 Å². The fourth-order valence-electron chi connectivity index (χ4n) is 4.49. The first kappa shape index (κ1) is 24.3. The van der Waals surface area contributed by atoms with E-state index in [2.05, 4.69) is 29.7 Å². The number of benzene rings is 1. The van der Waals surface area contributed by atoms with Crippen LogP contribution in [0, 0.1) is 0 Å². The van der Waals surface area contributed by atoms with E-state index >= 15 is 0 Å². The molecule has 2 fully saturated rings. The van der Waals surface area contributed by atoms with Gasteiger partial charge in [-0.15, -0.1) is 0 Å². The third-order valence-electron chi connectivity index (χ3n) is 6.84. The molecule has 0 unspecified atom stereocenters. The van der Waals surface area contributed by atoms with Gasteiger partial charge in [-0.2, -0.15) is 0 Å². The Morgan fingerprint density at radius 3 is 1.91 bits per heavy atom. The van der Waals surface area contributed by atoms with Crippen molar-refractivity contribution >= 4 is 12.1 Å². The molecule has 2 aliphatic heterocycles. The molecule has 2 atom stereocenters. The fraction of sp³-hybridized carbons (Fsp3) is 0.667. The Morgan fingerprint density at radius 2 is 1.41 bits per heavy atom. The number of rotatable bonds is 7. The highest BCUT2D eigenvalue weighted by atomic mass is 16.5. The quantitative estimate of drug-likeness (QED) is 0.675. The van der Waals surface area contributed by atoms with Gasteiger partial charge in [-0.1, -0.05) is 37.3 Å². The van der Waals surface area contributed by atoms with Crippen LogP contribution in [-0.4, -0.2) is 87.1 Å². The highest BCUT2D eigenvalue weighted by Crippen LogP contribution is 2.20. The number of likely N-dealkylation sites (tertiary alicyclic amines) is 2. The normalized spacial score (nSPS) is 20.0. The molecule has 0 bridgehead atoms. The van der Waals surface area contributed by atoms with Gasteiger partial charge in [0.05, 0.1) is 18.2 Å². The number of hydrogen-bond donors (Lipinski definition) is 2. The summed E-state index contributed by atoms with van der Waals surface area (Å²) in [5.41, 5.74) is 1.13. The van der Waals surface area contributed by atoms with Crippen LogP contribution in [0.1, 0.15) is 44.1 Å². The summed E-state index contributed by atoms with van der Waals surface area (Å²) in [5, 5.41) is 6.24. The van der Waals surface area contributed by atoms with Crippen LogP contribution in [-0.2, 0) is 9.47 Å². The number of nitrogens with one attached hydrogen (secondary N) is 2. The third-order valence-corrected chi connectivity index (χ3v) is 6.84. The van der Waals surface area contributed by atoms with Crippen molar-refractivity contribution in [1.29, 1.82) is 0 Å². The van der Waals surface area contributed by atoms with Crippen molar-refractivity contribution in [2.75, 3.05) is 46.9 Å². The number of ether oxygens (including phenoxy) is 2. The fourth-order valence-corrected chi connectivity index (χ4v) is 4.49. The van der Waals surface area contributed by atoms with Crippen LogP contribution in [0.5, 0.6) is 0 Å². The van der Waals surface area contributed by atoms with E-state index in [1.165, 1.54) is 0 Å². The zero-order chi connectivity index (χ0) is 22.9. The molecule has 0 spiro atoms. The van der Waals surface area contributed by atoms with E-state index in [4.69, 9.17) is 9.47 Å². The zero-order valence-electron chi connectivity index (χ0n) is 19.6. The molecule has 2 aliphatic rings. The molecule has 4 amide bonds. The van der Waals surface area contributed by atoms with Crippen molar-refractivity contribution in [2.45, 2.75) is 56.8 Å². The first-order valence-electron chi connectivity index (χ1n) is 11.7. The number of hydrogen-bond acceptors (Lipinski definition) is 4. The third kappa shape index (κ3) is 6.59. The average molecular weight is 447 g/mol. The van der Waals surface area contributed by atoms with Crippen molar-refractivity contribution in [3.8, 4) is 0 Å². The SMILES string of the molecule is COC1CCN(C(=O)NC[C@@H](NC(=O)N2CCC(OC)CC2)[C@@H](C)c2ccccc2)CC1. The molecule has 2 saturated heterocycles. The summed E-state index contributed by atoms with van der Waals surface area (Å²) >= 11 is 0. The minimum atomic E-state index is -0.217. The number of carbonyl (C=O) groups excluding carboxylic acids is 2. The summed E-state index contributed by atoms with van der Waals surface area (Å²) in [4.78, 5) is 29.4. The molecule has 178 valence electrons. The standard InChI is InChI=1S/C24H38N4O4/c1-18(19-7-5-4-6-8-19)22(26-24(30)28-15-11-21(32-3)12-16-28)17-25-23(29)27-13-9-20(31-2)10-14-27/h4-8,18,20-22H,9-17H2,1-3H3,(H,25,29)(H,26,30)/t18-,22+/m0/s1. The molecule has 1 aromatic carbocycles. The number of urea groups is 2. The van der Waals surface area contributed by atoms with E-state index in [9.17, 15) is 9.59 Å². The summed E-state index contributed by atoms with van der Waals surface area (Å²) in [6.45, 7) is 5.19. The van der Waals surface area contributed by atoms with Crippen molar-refractivity contribution in [1.82, 2.24) is 20.4 Å². The molecule has 3 rings (SSSR count). The maximum atomic E-state index is 13.0. The maximum Gasteiger partial charge on any atom is 0.317 e. The summed E-state index contributed by atoms with van der Waals surface area (Å²) in [7, 11) is 3.44. The second-order valence-electron chi connectivity index (χ2n) is 8.79. The average Bonchev–Trinajstić information content (AvgIpc) is 2.86. The van der Waals surface area contributed by atoms with Crippen LogP contribution in [0.3, 0.4) is 0 Å². The highest BCUT2D eigenvalue weighted by molar-refractivity contribution is 5.76. The molecule has 1 aromatic rings. The van der Waals surface area contributed by atoms with E-state index in [-0.39, 0.29) is 36.2 Å². The monoisotopic (exact) mass is 446 g/mol. The number of piperidine rings is 2. The molecular formula is C24H38N4O4. The molecule has 2 heterocycles. The summed E-state index contributed by atoms with van der Waals surface area (Å²) < 4.78 is 10.8. The van der Waals surface area contributed by atoms with E-state index in [1.54, 1.807) is 14.2 Å². The Bertz CT molecular complexity index is 716. The topological polar surface area (TPSA) is 83.1 Å². The second-order valence-corrected chi connectivity index (χ2v) is 8.79. The van der Waals surface area contributed by atoms with Crippen LogP contribution in [0.2, 0.25) is 0 Å². The number of amides is 4. The van der Waals surface area contributed by atoms with E-state index in [0.29, 0.717) is 32.7 Å².